The lowest BCUT2D eigenvalue weighted by Crippen LogP contribution is -2.28. The van der Waals surface area contributed by atoms with Gasteiger partial charge in [-0.15, -0.1) is 0 Å². The molecule has 0 aliphatic heterocycles. The SMILES string of the molecule is COCC(C)n1c(=O)c2c(-c3noc(-c4ccc(F)cc4)n3)ncn2c2cccc(Cl)c21. The summed E-state index contributed by atoms with van der Waals surface area (Å²) in [6.07, 6.45) is 1.53. The third kappa shape index (κ3) is 3.17. The molecule has 162 valence electrons. The van der Waals surface area contributed by atoms with Crippen LogP contribution >= 0.6 is 11.6 Å². The van der Waals surface area contributed by atoms with Gasteiger partial charge in [-0.2, -0.15) is 4.98 Å². The molecular weight excluding hydrogens is 437 g/mol. The molecule has 0 radical (unpaired) electrons. The van der Waals surface area contributed by atoms with Gasteiger partial charge in [0.2, 0.25) is 5.82 Å². The first-order valence-electron chi connectivity index (χ1n) is 9.78. The molecule has 2 aromatic carbocycles. The van der Waals surface area contributed by atoms with Crippen LogP contribution in [0.3, 0.4) is 0 Å². The Hall–Kier alpha value is -3.56. The molecule has 3 aromatic heterocycles. The lowest BCUT2D eigenvalue weighted by Gasteiger charge is -2.19. The van der Waals surface area contributed by atoms with Gasteiger partial charge in [0, 0.05) is 12.7 Å². The van der Waals surface area contributed by atoms with Crippen LogP contribution in [0.25, 0.3) is 39.5 Å². The molecule has 0 fully saturated rings. The Morgan fingerprint density at radius 3 is 2.72 bits per heavy atom. The second-order valence-corrected chi connectivity index (χ2v) is 7.74. The molecule has 32 heavy (non-hydrogen) atoms. The highest BCUT2D eigenvalue weighted by molar-refractivity contribution is 6.35. The number of rotatable bonds is 5. The zero-order valence-corrected chi connectivity index (χ0v) is 17.9. The normalized spacial score (nSPS) is 12.6. The number of halogens is 2. The Morgan fingerprint density at radius 2 is 1.97 bits per heavy atom. The van der Waals surface area contributed by atoms with E-state index >= 15 is 0 Å². The summed E-state index contributed by atoms with van der Waals surface area (Å²) in [5.41, 5.74) is 2.09. The van der Waals surface area contributed by atoms with Gasteiger partial charge in [0.25, 0.3) is 11.4 Å². The van der Waals surface area contributed by atoms with Crippen molar-refractivity contribution in [1.82, 2.24) is 24.1 Å². The Balaban J connectivity index is 1.76. The Morgan fingerprint density at radius 1 is 1.19 bits per heavy atom. The van der Waals surface area contributed by atoms with Gasteiger partial charge in [-0.1, -0.05) is 22.8 Å². The molecule has 5 rings (SSSR count). The van der Waals surface area contributed by atoms with Crippen molar-refractivity contribution in [3.05, 3.63) is 70.0 Å². The van der Waals surface area contributed by atoms with Crippen LogP contribution in [0.15, 0.2) is 58.1 Å². The van der Waals surface area contributed by atoms with Crippen molar-refractivity contribution in [1.29, 1.82) is 0 Å². The molecule has 10 heteroatoms. The third-order valence-corrected chi connectivity index (χ3v) is 5.54. The Labute approximate surface area is 185 Å². The molecule has 0 amide bonds. The minimum absolute atomic E-state index is 0.149. The quantitative estimate of drug-likeness (QED) is 0.393. The summed E-state index contributed by atoms with van der Waals surface area (Å²) in [6, 6.07) is 10.8. The molecule has 0 saturated heterocycles. The summed E-state index contributed by atoms with van der Waals surface area (Å²) < 4.78 is 27.1. The van der Waals surface area contributed by atoms with Crippen molar-refractivity contribution in [2.75, 3.05) is 13.7 Å². The van der Waals surface area contributed by atoms with E-state index in [-0.39, 0.29) is 40.3 Å². The molecule has 0 spiro atoms. The number of fused-ring (bicyclic) bond motifs is 3. The standard InChI is InChI=1S/C22H17ClFN5O3/c1-12(10-31-2)29-18-15(23)4-3-5-16(18)28-11-25-17(19(28)22(29)30)20-26-21(32-27-20)13-6-8-14(24)9-7-13/h3-9,11-12H,10H2,1-2H3. The average Bonchev–Trinajstić information content (AvgIpc) is 3.43. The Bertz CT molecular complexity index is 1510. The van der Waals surface area contributed by atoms with Crippen molar-refractivity contribution >= 4 is 28.2 Å². The second-order valence-electron chi connectivity index (χ2n) is 7.33. The first kappa shape index (κ1) is 20.3. The largest absolute Gasteiger partial charge is 0.383 e. The predicted octanol–water partition coefficient (Wildman–Crippen LogP) is 4.37. The molecule has 0 saturated carbocycles. The van der Waals surface area contributed by atoms with Crippen molar-refractivity contribution in [2.45, 2.75) is 13.0 Å². The van der Waals surface area contributed by atoms with Crippen molar-refractivity contribution in [3.63, 3.8) is 0 Å². The highest BCUT2D eigenvalue weighted by atomic mass is 35.5. The smallest absolute Gasteiger partial charge is 0.278 e. The summed E-state index contributed by atoms with van der Waals surface area (Å²) in [7, 11) is 1.57. The average molecular weight is 454 g/mol. The highest BCUT2D eigenvalue weighted by Crippen LogP contribution is 2.29. The zero-order valence-electron chi connectivity index (χ0n) is 17.1. The molecule has 3 heterocycles. The van der Waals surface area contributed by atoms with Crippen molar-refractivity contribution < 1.29 is 13.7 Å². The van der Waals surface area contributed by atoms with E-state index in [0.717, 1.165) is 0 Å². The van der Waals surface area contributed by atoms with Gasteiger partial charge in [0.05, 0.1) is 28.7 Å². The topological polar surface area (TPSA) is 87.5 Å². The predicted molar refractivity (Wildman–Crippen MR) is 117 cm³/mol. The Kier molecular flexibility index (Phi) is 4.99. The maximum Gasteiger partial charge on any atom is 0.278 e. The molecular formula is C22H17ClFN5O3. The van der Waals surface area contributed by atoms with Gasteiger partial charge < -0.3 is 9.26 Å². The van der Waals surface area contributed by atoms with E-state index in [1.807, 2.05) is 13.0 Å². The number of methoxy groups -OCH3 is 1. The van der Waals surface area contributed by atoms with E-state index in [1.165, 1.54) is 30.6 Å². The first-order chi connectivity index (χ1) is 15.5. The molecule has 0 aliphatic rings. The number of nitrogens with zero attached hydrogens (tertiary/aromatic N) is 5. The van der Waals surface area contributed by atoms with Crippen LogP contribution in [0.4, 0.5) is 4.39 Å². The van der Waals surface area contributed by atoms with Crippen LogP contribution in [-0.4, -0.2) is 37.8 Å². The summed E-state index contributed by atoms with van der Waals surface area (Å²) >= 11 is 6.48. The zero-order chi connectivity index (χ0) is 22.4. The van der Waals surface area contributed by atoms with Crippen LogP contribution < -0.4 is 5.56 Å². The molecule has 0 N–H and O–H groups in total. The maximum atomic E-state index is 13.6. The fourth-order valence-corrected chi connectivity index (χ4v) is 4.08. The van der Waals surface area contributed by atoms with Crippen LogP contribution in [0.5, 0.6) is 0 Å². The summed E-state index contributed by atoms with van der Waals surface area (Å²) in [4.78, 5) is 22.4. The highest BCUT2D eigenvalue weighted by Gasteiger charge is 2.23. The van der Waals surface area contributed by atoms with Gasteiger partial charge in [-0.25, -0.2) is 9.37 Å². The number of ether oxygens (including phenoxy) is 1. The van der Waals surface area contributed by atoms with Crippen molar-refractivity contribution in [3.8, 4) is 23.0 Å². The number of para-hydroxylation sites is 1. The number of benzene rings is 2. The van der Waals surface area contributed by atoms with Crippen LogP contribution in [0, 0.1) is 5.82 Å². The minimum atomic E-state index is -0.371. The molecule has 0 aliphatic carbocycles. The van der Waals surface area contributed by atoms with Gasteiger partial charge >= 0.3 is 0 Å². The minimum Gasteiger partial charge on any atom is -0.383 e. The fourth-order valence-electron chi connectivity index (χ4n) is 3.82. The van der Waals surface area contributed by atoms with E-state index in [9.17, 15) is 9.18 Å². The monoisotopic (exact) mass is 453 g/mol. The fraction of sp³-hybridized carbons (Fsp3) is 0.182. The van der Waals surface area contributed by atoms with Crippen molar-refractivity contribution in [2.24, 2.45) is 0 Å². The lowest BCUT2D eigenvalue weighted by molar-refractivity contribution is 0.162. The van der Waals surface area contributed by atoms with Crippen LogP contribution in [0.2, 0.25) is 5.02 Å². The molecule has 8 nitrogen and oxygen atoms in total. The van der Waals surface area contributed by atoms with E-state index < -0.39 is 0 Å². The van der Waals surface area contributed by atoms with Gasteiger partial charge in [0.15, 0.2) is 0 Å². The van der Waals surface area contributed by atoms with E-state index in [2.05, 4.69) is 15.1 Å². The molecule has 5 aromatic rings. The van der Waals surface area contributed by atoms with Gasteiger partial charge in [0.1, 0.15) is 23.4 Å². The number of hydrogen-bond acceptors (Lipinski definition) is 6. The van der Waals surface area contributed by atoms with Gasteiger partial charge in [-0.05, 0) is 43.3 Å². The van der Waals surface area contributed by atoms with E-state index in [4.69, 9.17) is 20.9 Å². The van der Waals surface area contributed by atoms with E-state index in [1.54, 1.807) is 28.2 Å². The summed E-state index contributed by atoms with van der Waals surface area (Å²) in [6.45, 7) is 2.19. The molecule has 1 unspecified atom stereocenters. The maximum absolute atomic E-state index is 13.6. The summed E-state index contributed by atoms with van der Waals surface area (Å²) in [5.74, 6) is -0.0286. The molecule has 1 atom stereocenters. The summed E-state index contributed by atoms with van der Waals surface area (Å²) in [5, 5.41) is 4.45. The molecule has 0 bridgehead atoms. The van der Waals surface area contributed by atoms with Crippen LogP contribution in [-0.2, 0) is 4.74 Å². The van der Waals surface area contributed by atoms with Gasteiger partial charge in [-0.3, -0.25) is 13.8 Å². The second kappa shape index (κ2) is 7.85. The number of imidazole rings is 1. The lowest BCUT2D eigenvalue weighted by atomic mass is 10.2. The first-order valence-corrected chi connectivity index (χ1v) is 10.2. The third-order valence-electron chi connectivity index (χ3n) is 5.23. The number of hydrogen-bond donors (Lipinski definition) is 0. The van der Waals surface area contributed by atoms with Crippen LogP contribution in [0.1, 0.15) is 13.0 Å². The number of aromatic nitrogens is 5. The van der Waals surface area contributed by atoms with E-state index in [0.29, 0.717) is 28.2 Å².